The zero-order valence-electron chi connectivity index (χ0n) is 12.2. The highest BCUT2D eigenvalue weighted by Gasteiger charge is 2.45. The normalized spacial score (nSPS) is 28.9. The zero-order valence-corrected chi connectivity index (χ0v) is 13.8. The molecule has 0 bridgehead atoms. The van der Waals surface area contributed by atoms with Crippen molar-refractivity contribution in [3.8, 4) is 0 Å². The Labute approximate surface area is 128 Å². The van der Waals surface area contributed by atoms with E-state index in [0.29, 0.717) is 11.7 Å². The van der Waals surface area contributed by atoms with E-state index in [9.17, 15) is 4.79 Å². The van der Waals surface area contributed by atoms with Crippen LogP contribution >= 0.6 is 15.9 Å². The first-order valence-electron chi connectivity index (χ1n) is 7.01. The number of nitrogens with zero attached hydrogens (tertiary/aromatic N) is 1. The second kappa shape index (κ2) is 5.82. The Morgan fingerprint density at radius 3 is 2.85 bits per heavy atom. The highest BCUT2D eigenvalue weighted by Crippen LogP contribution is 2.44. The van der Waals surface area contributed by atoms with Gasteiger partial charge in [-0.15, -0.1) is 0 Å². The lowest BCUT2D eigenvalue weighted by Crippen LogP contribution is -2.50. The molecule has 110 valence electrons. The van der Waals surface area contributed by atoms with E-state index in [-0.39, 0.29) is 23.3 Å². The van der Waals surface area contributed by atoms with E-state index < -0.39 is 0 Å². The highest BCUT2D eigenvalue weighted by atomic mass is 79.9. The fraction of sp³-hybridized carbons (Fsp3) is 0.600. The molecule has 3 unspecified atom stereocenters. The molecule has 1 fully saturated rings. The van der Waals surface area contributed by atoms with Crippen LogP contribution in [0.1, 0.15) is 33.6 Å². The Bertz CT molecular complexity index is 504. The summed E-state index contributed by atoms with van der Waals surface area (Å²) in [5.74, 6) is 0.898. The molecule has 1 saturated carbocycles. The minimum Gasteiger partial charge on any atom is -0.327 e. The van der Waals surface area contributed by atoms with Gasteiger partial charge in [0.1, 0.15) is 5.82 Å². The van der Waals surface area contributed by atoms with Crippen LogP contribution in [0.25, 0.3) is 0 Å². The number of aromatic nitrogens is 1. The van der Waals surface area contributed by atoms with Crippen molar-refractivity contribution in [3.05, 3.63) is 22.8 Å². The van der Waals surface area contributed by atoms with Gasteiger partial charge in [0.05, 0.1) is 4.47 Å². The van der Waals surface area contributed by atoms with Gasteiger partial charge in [-0.3, -0.25) is 4.79 Å². The van der Waals surface area contributed by atoms with Crippen LogP contribution in [0.5, 0.6) is 0 Å². The molecule has 0 saturated heterocycles. The summed E-state index contributed by atoms with van der Waals surface area (Å²) >= 11 is 3.40. The monoisotopic (exact) mass is 339 g/mol. The van der Waals surface area contributed by atoms with Gasteiger partial charge in [-0.25, -0.2) is 4.98 Å². The van der Waals surface area contributed by atoms with Crippen molar-refractivity contribution >= 4 is 27.7 Å². The van der Waals surface area contributed by atoms with Crippen molar-refractivity contribution in [3.63, 3.8) is 0 Å². The third-order valence-electron chi connectivity index (χ3n) is 4.82. The van der Waals surface area contributed by atoms with Crippen molar-refractivity contribution in [1.82, 2.24) is 4.98 Å². The first-order chi connectivity index (χ1) is 9.34. The number of rotatable bonds is 2. The van der Waals surface area contributed by atoms with Crippen molar-refractivity contribution in [2.24, 2.45) is 23.0 Å². The van der Waals surface area contributed by atoms with Crippen molar-refractivity contribution in [2.75, 3.05) is 5.32 Å². The number of hydrogen-bond acceptors (Lipinski definition) is 3. The van der Waals surface area contributed by atoms with Crippen molar-refractivity contribution in [1.29, 1.82) is 0 Å². The Kier molecular flexibility index (Phi) is 4.49. The Hall–Kier alpha value is -0.940. The minimum atomic E-state index is -0.108. The summed E-state index contributed by atoms with van der Waals surface area (Å²) < 4.78 is 0.798. The number of amides is 1. The first-order valence-corrected chi connectivity index (χ1v) is 7.80. The number of carbonyl (C=O) groups is 1. The van der Waals surface area contributed by atoms with Crippen LogP contribution < -0.4 is 11.1 Å². The van der Waals surface area contributed by atoms with Gasteiger partial charge in [0.2, 0.25) is 5.91 Å². The molecule has 1 amide bonds. The second-order valence-electron chi connectivity index (χ2n) is 6.23. The molecule has 2 rings (SSSR count). The van der Waals surface area contributed by atoms with E-state index in [1.807, 2.05) is 12.1 Å². The van der Waals surface area contributed by atoms with Gasteiger partial charge in [0.15, 0.2) is 0 Å². The number of halogens is 1. The van der Waals surface area contributed by atoms with Gasteiger partial charge < -0.3 is 11.1 Å². The number of nitrogens with one attached hydrogen (secondary N) is 1. The Morgan fingerprint density at radius 1 is 1.50 bits per heavy atom. The summed E-state index contributed by atoms with van der Waals surface area (Å²) in [5.41, 5.74) is 6.03. The molecule has 0 aromatic carbocycles. The molecular formula is C15H22BrN3O. The molecule has 3 N–H and O–H groups in total. The van der Waals surface area contributed by atoms with E-state index in [1.54, 1.807) is 6.20 Å². The van der Waals surface area contributed by atoms with E-state index in [2.05, 4.69) is 47.0 Å². The minimum absolute atomic E-state index is 0.0353. The van der Waals surface area contributed by atoms with Gasteiger partial charge in [-0.2, -0.15) is 0 Å². The quantitative estimate of drug-likeness (QED) is 0.869. The third kappa shape index (κ3) is 2.88. The Morgan fingerprint density at radius 2 is 2.20 bits per heavy atom. The number of pyridine rings is 1. The van der Waals surface area contributed by atoms with E-state index >= 15 is 0 Å². The van der Waals surface area contributed by atoms with Crippen molar-refractivity contribution < 1.29 is 4.79 Å². The lowest BCUT2D eigenvalue weighted by Gasteiger charge is -2.45. The van der Waals surface area contributed by atoms with Crippen LogP contribution in [0.3, 0.4) is 0 Å². The number of nitrogens with two attached hydrogens (primary N) is 1. The van der Waals surface area contributed by atoms with Gasteiger partial charge >= 0.3 is 0 Å². The molecule has 1 aromatic rings. The maximum Gasteiger partial charge on any atom is 0.229 e. The van der Waals surface area contributed by atoms with Gasteiger partial charge in [-0.05, 0) is 52.2 Å². The number of hydrogen-bond donors (Lipinski definition) is 2. The summed E-state index contributed by atoms with van der Waals surface area (Å²) in [7, 11) is 0. The maximum absolute atomic E-state index is 12.6. The predicted octanol–water partition coefficient (Wildman–Crippen LogP) is 3.18. The van der Waals surface area contributed by atoms with Crippen LogP contribution in [-0.4, -0.2) is 16.9 Å². The number of carbonyl (C=O) groups excluding carboxylic acids is 1. The molecule has 1 aromatic heterocycles. The fourth-order valence-corrected chi connectivity index (χ4v) is 3.35. The predicted molar refractivity (Wildman–Crippen MR) is 84.2 cm³/mol. The average molecular weight is 340 g/mol. The molecule has 20 heavy (non-hydrogen) atoms. The van der Waals surface area contributed by atoms with E-state index in [0.717, 1.165) is 17.3 Å². The summed E-state index contributed by atoms with van der Waals surface area (Å²) in [6.07, 6.45) is 3.39. The molecule has 1 heterocycles. The van der Waals surface area contributed by atoms with Crippen LogP contribution in [-0.2, 0) is 4.79 Å². The zero-order chi connectivity index (χ0) is 14.9. The van der Waals surface area contributed by atoms with Crippen LogP contribution in [0.4, 0.5) is 5.82 Å². The van der Waals surface area contributed by atoms with Crippen LogP contribution in [0.2, 0.25) is 0 Å². The molecule has 5 heteroatoms. The number of anilines is 1. The third-order valence-corrected chi connectivity index (χ3v) is 5.46. The SMILES string of the molecule is CC1C(N)CCC(C(=O)Nc2ncccc2Br)C1(C)C. The average Bonchev–Trinajstić information content (AvgIpc) is 2.38. The molecule has 0 radical (unpaired) electrons. The summed E-state index contributed by atoms with van der Waals surface area (Å²) in [6.45, 7) is 6.41. The van der Waals surface area contributed by atoms with Crippen LogP contribution in [0, 0.1) is 17.3 Å². The largest absolute Gasteiger partial charge is 0.327 e. The van der Waals surface area contributed by atoms with Crippen molar-refractivity contribution in [2.45, 2.75) is 39.7 Å². The fourth-order valence-electron chi connectivity index (χ4n) is 3.00. The lowest BCUT2D eigenvalue weighted by molar-refractivity contribution is -0.127. The molecule has 0 aliphatic heterocycles. The molecule has 1 aliphatic rings. The second-order valence-corrected chi connectivity index (χ2v) is 7.08. The standard InChI is InChI=1S/C15H22BrN3O/c1-9-12(17)7-6-10(15(9,2)3)14(20)19-13-11(16)5-4-8-18-13/h4-5,8-10,12H,6-7,17H2,1-3H3,(H,18,19,20). The first kappa shape index (κ1) is 15.4. The molecule has 3 atom stereocenters. The lowest BCUT2D eigenvalue weighted by atomic mass is 9.61. The highest BCUT2D eigenvalue weighted by molar-refractivity contribution is 9.10. The van der Waals surface area contributed by atoms with E-state index in [1.165, 1.54) is 0 Å². The smallest absolute Gasteiger partial charge is 0.229 e. The van der Waals surface area contributed by atoms with Gasteiger partial charge in [-0.1, -0.05) is 20.8 Å². The molecule has 0 spiro atoms. The van der Waals surface area contributed by atoms with Gasteiger partial charge in [0.25, 0.3) is 0 Å². The molecule has 1 aliphatic carbocycles. The van der Waals surface area contributed by atoms with Crippen LogP contribution in [0.15, 0.2) is 22.8 Å². The maximum atomic E-state index is 12.6. The molecule has 4 nitrogen and oxygen atoms in total. The summed E-state index contributed by atoms with van der Waals surface area (Å²) in [5, 5.41) is 2.93. The van der Waals surface area contributed by atoms with E-state index in [4.69, 9.17) is 5.73 Å². The topological polar surface area (TPSA) is 68.0 Å². The van der Waals surface area contributed by atoms with Gasteiger partial charge in [0, 0.05) is 18.2 Å². The summed E-state index contributed by atoms with van der Waals surface area (Å²) in [4.78, 5) is 16.8. The molecular weight excluding hydrogens is 318 g/mol. The summed E-state index contributed by atoms with van der Waals surface area (Å²) in [6, 6.07) is 3.87. The Balaban J connectivity index is 2.15.